The summed E-state index contributed by atoms with van der Waals surface area (Å²) in [6.07, 6.45) is 0.809. The van der Waals surface area contributed by atoms with Crippen LogP contribution < -0.4 is 21.9 Å². The van der Waals surface area contributed by atoms with Crippen molar-refractivity contribution in [2.24, 2.45) is 10.8 Å². The number of nitrogens with two attached hydrogens (primary N) is 1. The molecule has 20 heavy (non-hydrogen) atoms. The van der Waals surface area contributed by atoms with E-state index < -0.39 is 6.04 Å². The van der Waals surface area contributed by atoms with Gasteiger partial charge in [0, 0.05) is 25.3 Å². The molecule has 0 aromatic heterocycles. The van der Waals surface area contributed by atoms with Gasteiger partial charge in [-0.25, -0.2) is 5.84 Å². The number of nitrogens with one attached hydrogen (secondary N) is 3. The molecule has 0 saturated carbocycles. The molecule has 0 heterocycles. The lowest BCUT2D eigenvalue weighted by molar-refractivity contribution is -0.123. The van der Waals surface area contributed by atoms with Crippen molar-refractivity contribution in [2.75, 3.05) is 19.8 Å². The first-order valence-corrected chi connectivity index (χ1v) is 6.97. The summed E-state index contributed by atoms with van der Waals surface area (Å²) < 4.78 is 5.22. The van der Waals surface area contributed by atoms with Gasteiger partial charge in [-0.1, -0.05) is 0 Å². The molecule has 0 spiro atoms. The van der Waals surface area contributed by atoms with E-state index in [4.69, 9.17) is 10.6 Å². The van der Waals surface area contributed by atoms with Gasteiger partial charge in [0.15, 0.2) is 0 Å². The van der Waals surface area contributed by atoms with E-state index in [1.165, 1.54) is 0 Å². The van der Waals surface area contributed by atoms with Gasteiger partial charge in [-0.2, -0.15) is 0 Å². The topological polar surface area (TPSA) is 101 Å². The van der Waals surface area contributed by atoms with Gasteiger partial charge in [0.25, 0.3) is 0 Å². The molecule has 0 aliphatic carbocycles. The van der Waals surface area contributed by atoms with Crippen molar-refractivity contribution >= 4 is 11.9 Å². The van der Waals surface area contributed by atoms with Crippen molar-refractivity contribution in [2.45, 2.75) is 52.6 Å². The highest BCUT2D eigenvalue weighted by Gasteiger charge is 2.19. The molecule has 0 rings (SSSR count). The Hall–Kier alpha value is -1.34. The second-order valence-corrected chi connectivity index (χ2v) is 5.53. The van der Waals surface area contributed by atoms with E-state index >= 15 is 0 Å². The fourth-order valence-electron chi connectivity index (χ4n) is 1.38. The zero-order chi connectivity index (χ0) is 15.6. The Kier molecular flexibility index (Phi) is 8.91. The summed E-state index contributed by atoms with van der Waals surface area (Å²) in [5.74, 6) is 5.68. The van der Waals surface area contributed by atoms with Crippen molar-refractivity contribution in [1.29, 1.82) is 0 Å². The Morgan fingerprint density at radius 3 is 2.55 bits per heavy atom. The number of ether oxygens (including phenoxy) is 1. The molecule has 1 unspecified atom stereocenters. The third-order valence-corrected chi connectivity index (χ3v) is 2.30. The van der Waals surface area contributed by atoms with Crippen LogP contribution in [0.1, 0.15) is 41.0 Å². The van der Waals surface area contributed by atoms with Crippen LogP contribution in [0.15, 0.2) is 4.99 Å². The molecule has 5 N–H and O–H groups in total. The normalized spacial score (nSPS) is 13.8. The number of guanidine groups is 1. The average Bonchev–Trinajstić information content (AvgIpc) is 2.34. The summed E-state index contributed by atoms with van der Waals surface area (Å²) >= 11 is 0. The second kappa shape index (κ2) is 9.55. The molecule has 0 bridgehead atoms. The zero-order valence-electron chi connectivity index (χ0n) is 13.2. The maximum atomic E-state index is 11.9. The van der Waals surface area contributed by atoms with Crippen LogP contribution >= 0.6 is 0 Å². The third-order valence-electron chi connectivity index (χ3n) is 2.30. The molecular weight excluding hydrogens is 258 g/mol. The first-order chi connectivity index (χ1) is 9.30. The minimum absolute atomic E-state index is 0.102. The summed E-state index contributed by atoms with van der Waals surface area (Å²) in [7, 11) is 0. The van der Waals surface area contributed by atoms with Crippen molar-refractivity contribution < 1.29 is 9.53 Å². The van der Waals surface area contributed by atoms with Gasteiger partial charge in [-0.3, -0.25) is 15.2 Å². The van der Waals surface area contributed by atoms with Gasteiger partial charge in [-0.15, -0.1) is 0 Å². The molecular formula is C13H29N5O2. The summed E-state index contributed by atoms with van der Waals surface area (Å²) in [4.78, 5) is 16.2. The van der Waals surface area contributed by atoms with Crippen LogP contribution in [0.5, 0.6) is 0 Å². The lowest BCUT2D eigenvalue weighted by Gasteiger charge is -2.24. The van der Waals surface area contributed by atoms with Crippen molar-refractivity contribution in [3.8, 4) is 0 Å². The Morgan fingerprint density at radius 2 is 2.05 bits per heavy atom. The molecule has 1 atom stereocenters. The smallest absolute Gasteiger partial charge is 0.242 e. The molecule has 0 aliphatic heterocycles. The van der Waals surface area contributed by atoms with Gasteiger partial charge in [0.2, 0.25) is 11.9 Å². The number of amides is 1. The molecule has 1 amide bonds. The number of aliphatic imine (C=N–C) groups is 1. The standard InChI is InChI=1S/C13H29N5O2/c1-6-20-9-7-8-15-12(18-14)16-10(2)11(19)17-13(3,4)5/h10H,6-9,14H2,1-5H3,(H,17,19)(H2,15,16,18). The number of rotatable bonds is 7. The maximum absolute atomic E-state index is 11.9. The average molecular weight is 287 g/mol. The number of carbonyl (C=O) groups is 1. The van der Waals surface area contributed by atoms with Crippen molar-refractivity contribution in [1.82, 2.24) is 16.1 Å². The fraction of sp³-hybridized carbons (Fsp3) is 0.846. The number of hydrazine groups is 1. The highest BCUT2D eigenvalue weighted by molar-refractivity contribution is 5.88. The van der Waals surface area contributed by atoms with E-state index in [-0.39, 0.29) is 11.4 Å². The van der Waals surface area contributed by atoms with Crippen LogP contribution in [0.4, 0.5) is 0 Å². The molecule has 118 valence electrons. The van der Waals surface area contributed by atoms with E-state index in [9.17, 15) is 4.79 Å². The fourth-order valence-corrected chi connectivity index (χ4v) is 1.38. The highest BCUT2D eigenvalue weighted by atomic mass is 16.5. The maximum Gasteiger partial charge on any atom is 0.242 e. The predicted molar refractivity (Wildman–Crippen MR) is 81.2 cm³/mol. The summed E-state index contributed by atoms with van der Waals surface area (Å²) in [5, 5.41) is 5.83. The summed E-state index contributed by atoms with van der Waals surface area (Å²) in [6.45, 7) is 11.5. The molecule has 0 saturated heterocycles. The minimum atomic E-state index is -0.420. The zero-order valence-corrected chi connectivity index (χ0v) is 13.2. The molecule has 0 radical (unpaired) electrons. The van der Waals surface area contributed by atoms with E-state index in [0.717, 1.165) is 6.42 Å². The van der Waals surface area contributed by atoms with Gasteiger partial charge >= 0.3 is 0 Å². The molecule has 7 heteroatoms. The van der Waals surface area contributed by atoms with Gasteiger partial charge in [0.05, 0.1) is 0 Å². The summed E-state index contributed by atoms with van der Waals surface area (Å²) in [6, 6.07) is -0.420. The van der Waals surface area contributed by atoms with Crippen molar-refractivity contribution in [3.05, 3.63) is 0 Å². The van der Waals surface area contributed by atoms with Crippen LogP contribution in [0.3, 0.4) is 0 Å². The molecule has 0 fully saturated rings. The number of hydrogen-bond acceptors (Lipinski definition) is 4. The highest BCUT2D eigenvalue weighted by Crippen LogP contribution is 1.99. The second-order valence-electron chi connectivity index (χ2n) is 5.53. The van der Waals surface area contributed by atoms with Crippen LogP contribution in [0.2, 0.25) is 0 Å². The molecule has 7 nitrogen and oxygen atoms in total. The quantitative estimate of drug-likeness (QED) is 0.175. The van der Waals surface area contributed by atoms with Crippen LogP contribution in [0.25, 0.3) is 0 Å². The first-order valence-electron chi connectivity index (χ1n) is 6.97. The Morgan fingerprint density at radius 1 is 1.40 bits per heavy atom. The first kappa shape index (κ1) is 18.7. The summed E-state index contributed by atoms with van der Waals surface area (Å²) in [5.41, 5.74) is 2.19. The lowest BCUT2D eigenvalue weighted by Crippen LogP contribution is -2.54. The number of carbonyl (C=O) groups excluding carboxylic acids is 1. The largest absolute Gasteiger partial charge is 0.382 e. The van der Waals surface area contributed by atoms with Crippen LogP contribution in [-0.2, 0) is 9.53 Å². The van der Waals surface area contributed by atoms with Crippen LogP contribution in [-0.4, -0.2) is 43.2 Å². The van der Waals surface area contributed by atoms with Gasteiger partial charge in [0.1, 0.15) is 6.04 Å². The SMILES string of the molecule is CCOCCCN=C(NN)NC(C)C(=O)NC(C)(C)C. The number of nitrogens with zero attached hydrogens (tertiary/aromatic N) is 1. The molecule has 0 aromatic rings. The minimum Gasteiger partial charge on any atom is -0.382 e. The van der Waals surface area contributed by atoms with E-state index in [0.29, 0.717) is 25.7 Å². The van der Waals surface area contributed by atoms with Gasteiger partial charge < -0.3 is 15.4 Å². The lowest BCUT2D eigenvalue weighted by atomic mass is 10.1. The molecule has 0 aliphatic rings. The number of hydrogen-bond donors (Lipinski definition) is 4. The Balaban J connectivity index is 4.20. The van der Waals surface area contributed by atoms with E-state index in [1.807, 2.05) is 27.7 Å². The van der Waals surface area contributed by atoms with Crippen LogP contribution in [0, 0.1) is 0 Å². The molecule has 0 aromatic carbocycles. The van der Waals surface area contributed by atoms with E-state index in [1.54, 1.807) is 6.92 Å². The Bertz CT molecular complexity index is 312. The predicted octanol–water partition coefficient (Wildman–Crippen LogP) is 0.125. The Labute approximate surface area is 121 Å². The van der Waals surface area contributed by atoms with Gasteiger partial charge in [-0.05, 0) is 41.0 Å². The van der Waals surface area contributed by atoms with E-state index in [2.05, 4.69) is 21.1 Å². The van der Waals surface area contributed by atoms with Crippen molar-refractivity contribution in [3.63, 3.8) is 0 Å². The monoisotopic (exact) mass is 287 g/mol. The third kappa shape index (κ3) is 9.57.